The van der Waals surface area contributed by atoms with Crippen LogP contribution in [-0.4, -0.2) is 5.78 Å². The highest BCUT2D eigenvalue weighted by Crippen LogP contribution is 2.17. The summed E-state index contributed by atoms with van der Waals surface area (Å²) < 4.78 is 13.7. The lowest BCUT2D eigenvalue weighted by Gasteiger charge is -2.03. The molecule has 0 saturated carbocycles. The number of halogens is 3. The Balaban J connectivity index is 2.19. The molecule has 0 saturated heterocycles. The van der Waals surface area contributed by atoms with Crippen LogP contribution < -0.4 is 0 Å². The van der Waals surface area contributed by atoms with E-state index in [-0.39, 0.29) is 12.2 Å². The van der Waals surface area contributed by atoms with Gasteiger partial charge in [-0.3, -0.25) is 4.79 Å². The highest BCUT2D eigenvalue weighted by molar-refractivity contribution is 9.10. The van der Waals surface area contributed by atoms with Crippen LogP contribution in [0.2, 0.25) is 5.02 Å². The normalized spacial score (nSPS) is 10.4. The monoisotopic (exact) mass is 326 g/mol. The lowest BCUT2D eigenvalue weighted by molar-refractivity contribution is 0.0992. The molecule has 0 aliphatic carbocycles. The van der Waals surface area contributed by atoms with Crippen molar-refractivity contribution in [3.8, 4) is 0 Å². The van der Waals surface area contributed by atoms with Crippen molar-refractivity contribution in [1.82, 2.24) is 0 Å². The number of Topliss-reactive ketones (excluding diaryl/α,β-unsaturated/α-hetero) is 1. The first kappa shape index (κ1) is 13.2. The standard InChI is InChI=1S/C14H9BrClFO/c15-11-6-10(7-13(17)8-11)14(18)5-9-1-3-12(16)4-2-9/h1-4,6-8H,5H2. The van der Waals surface area contributed by atoms with E-state index in [1.807, 2.05) is 0 Å². The van der Waals surface area contributed by atoms with Crippen molar-refractivity contribution < 1.29 is 9.18 Å². The molecular weight excluding hydrogens is 319 g/mol. The second-order valence-corrected chi connectivity index (χ2v) is 5.24. The molecular formula is C14H9BrClFO. The molecule has 0 N–H and O–H groups in total. The molecule has 2 rings (SSSR count). The van der Waals surface area contributed by atoms with E-state index >= 15 is 0 Å². The lowest BCUT2D eigenvalue weighted by Crippen LogP contribution is -2.04. The minimum Gasteiger partial charge on any atom is -0.294 e. The molecule has 0 radical (unpaired) electrons. The fourth-order valence-electron chi connectivity index (χ4n) is 1.60. The minimum atomic E-state index is -0.427. The Morgan fingerprint density at radius 3 is 2.44 bits per heavy atom. The Morgan fingerprint density at radius 1 is 1.17 bits per heavy atom. The van der Waals surface area contributed by atoms with Gasteiger partial charge >= 0.3 is 0 Å². The molecule has 0 aliphatic rings. The van der Waals surface area contributed by atoms with Crippen molar-refractivity contribution in [1.29, 1.82) is 0 Å². The van der Waals surface area contributed by atoms with Gasteiger partial charge in [-0.1, -0.05) is 39.7 Å². The first-order valence-corrected chi connectivity index (χ1v) is 6.45. The predicted molar refractivity (Wildman–Crippen MR) is 73.6 cm³/mol. The smallest absolute Gasteiger partial charge is 0.167 e. The van der Waals surface area contributed by atoms with Gasteiger partial charge in [-0.05, 0) is 35.9 Å². The van der Waals surface area contributed by atoms with E-state index in [1.165, 1.54) is 12.1 Å². The average molecular weight is 328 g/mol. The van der Waals surface area contributed by atoms with Gasteiger partial charge in [0.05, 0.1) is 0 Å². The SMILES string of the molecule is O=C(Cc1ccc(Cl)cc1)c1cc(F)cc(Br)c1. The van der Waals surface area contributed by atoms with Crippen molar-refractivity contribution in [2.24, 2.45) is 0 Å². The fourth-order valence-corrected chi connectivity index (χ4v) is 2.20. The van der Waals surface area contributed by atoms with Crippen molar-refractivity contribution in [2.75, 3.05) is 0 Å². The first-order chi connectivity index (χ1) is 8.54. The van der Waals surface area contributed by atoms with Crippen molar-refractivity contribution in [2.45, 2.75) is 6.42 Å². The summed E-state index contributed by atoms with van der Waals surface area (Å²) in [6.07, 6.45) is 0.229. The number of benzene rings is 2. The Bertz CT molecular complexity index is 561. The molecule has 0 aliphatic heterocycles. The number of ketones is 1. The van der Waals surface area contributed by atoms with Gasteiger partial charge in [0, 0.05) is 21.5 Å². The Labute approximate surface area is 118 Å². The van der Waals surface area contributed by atoms with Crippen molar-refractivity contribution in [3.63, 3.8) is 0 Å². The van der Waals surface area contributed by atoms with Crippen LogP contribution in [0.5, 0.6) is 0 Å². The van der Waals surface area contributed by atoms with Crippen LogP contribution >= 0.6 is 27.5 Å². The molecule has 0 atom stereocenters. The molecule has 0 unspecified atom stereocenters. The van der Waals surface area contributed by atoms with Crippen LogP contribution in [0.4, 0.5) is 4.39 Å². The summed E-state index contributed by atoms with van der Waals surface area (Å²) >= 11 is 8.93. The largest absolute Gasteiger partial charge is 0.294 e. The van der Waals surface area contributed by atoms with E-state index in [4.69, 9.17) is 11.6 Å². The van der Waals surface area contributed by atoms with E-state index in [0.29, 0.717) is 15.1 Å². The lowest BCUT2D eigenvalue weighted by atomic mass is 10.0. The minimum absolute atomic E-state index is 0.127. The molecule has 0 amide bonds. The van der Waals surface area contributed by atoms with Crippen molar-refractivity contribution >= 4 is 33.3 Å². The van der Waals surface area contributed by atoms with Crippen molar-refractivity contribution in [3.05, 3.63) is 68.9 Å². The van der Waals surface area contributed by atoms with Gasteiger partial charge in [0.2, 0.25) is 0 Å². The van der Waals surface area contributed by atoms with E-state index in [9.17, 15) is 9.18 Å². The summed E-state index contributed by atoms with van der Waals surface area (Å²) in [6.45, 7) is 0. The Hall–Kier alpha value is -1.19. The van der Waals surface area contributed by atoms with Gasteiger partial charge in [-0.15, -0.1) is 0 Å². The van der Waals surface area contributed by atoms with E-state index in [0.717, 1.165) is 5.56 Å². The van der Waals surface area contributed by atoms with Crippen LogP contribution in [0.25, 0.3) is 0 Å². The van der Waals surface area contributed by atoms with E-state index in [1.54, 1.807) is 30.3 Å². The maximum Gasteiger partial charge on any atom is 0.167 e. The molecule has 18 heavy (non-hydrogen) atoms. The zero-order chi connectivity index (χ0) is 13.1. The van der Waals surface area contributed by atoms with E-state index in [2.05, 4.69) is 15.9 Å². The molecule has 92 valence electrons. The molecule has 0 heterocycles. The first-order valence-electron chi connectivity index (χ1n) is 5.28. The van der Waals surface area contributed by atoms with Crippen LogP contribution in [0, 0.1) is 5.82 Å². The highest BCUT2D eigenvalue weighted by atomic mass is 79.9. The predicted octanol–water partition coefficient (Wildman–Crippen LogP) is 4.67. The third kappa shape index (κ3) is 3.40. The molecule has 2 aromatic carbocycles. The van der Waals surface area contributed by atoms with Gasteiger partial charge in [0.15, 0.2) is 5.78 Å². The Morgan fingerprint density at radius 2 is 1.83 bits per heavy atom. The number of carbonyl (C=O) groups excluding carboxylic acids is 1. The fraction of sp³-hybridized carbons (Fsp3) is 0.0714. The van der Waals surface area contributed by atoms with Gasteiger partial charge in [0.1, 0.15) is 5.82 Å². The third-order valence-electron chi connectivity index (χ3n) is 2.46. The highest BCUT2D eigenvalue weighted by Gasteiger charge is 2.09. The second-order valence-electron chi connectivity index (χ2n) is 3.88. The number of carbonyl (C=O) groups is 1. The summed E-state index contributed by atoms with van der Waals surface area (Å²) in [5.74, 6) is -0.554. The zero-order valence-electron chi connectivity index (χ0n) is 9.29. The van der Waals surface area contributed by atoms with Crippen LogP contribution in [0.3, 0.4) is 0 Å². The molecule has 0 aromatic heterocycles. The van der Waals surface area contributed by atoms with Gasteiger partial charge < -0.3 is 0 Å². The van der Waals surface area contributed by atoms with Gasteiger partial charge in [-0.2, -0.15) is 0 Å². The average Bonchev–Trinajstić information content (AvgIpc) is 2.31. The van der Waals surface area contributed by atoms with E-state index < -0.39 is 5.82 Å². The Kier molecular flexibility index (Phi) is 4.15. The molecule has 0 spiro atoms. The van der Waals surface area contributed by atoms with Crippen LogP contribution in [0.15, 0.2) is 46.9 Å². The number of hydrogen-bond acceptors (Lipinski definition) is 1. The maximum absolute atomic E-state index is 13.2. The molecule has 0 bridgehead atoms. The van der Waals surface area contributed by atoms with Gasteiger partial charge in [0.25, 0.3) is 0 Å². The summed E-state index contributed by atoms with van der Waals surface area (Å²) in [5.41, 5.74) is 1.21. The second kappa shape index (κ2) is 5.63. The quantitative estimate of drug-likeness (QED) is 0.749. The zero-order valence-corrected chi connectivity index (χ0v) is 11.6. The topological polar surface area (TPSA) is 17.1 Å². The molecule has 2 aromatic rings. The number of rotatable bonds is 3. The number of hydrogen-bond donors (Lipinski definition) is 0. The van der Waals surface area contributed by atoms with Crippen LogP contribution in [-0.2, 0) is 6.42 Å². The van der Waals surface area contributed by atoms with Crippen LogP contribution in [0.1, 0.15) is 15.9 Å². The summed E-state index contributed by atoms with van der Waals surface area (Å²) in [7, 11) is 0. The summed E-state index contributed by atoms with van der Waals surface area (Å²) in [5, 5.41) is 0.625. The molecule has 1 nitrogen and oxygen atoms in total. The third-order valence-corrected chi connectivity index (χ3v) is 3.17. The summed E-state index contributed by atoms with van der Waals surface area (Å²) in [4.78, 5) is 12.0. The molecule has 4 heteroatoms. The summed E-state index contributed by atoms with van der Waals surface area (Å²) in [6, 6.07) is 11.2. The maximum atomic E-state index is 13.2. The molecule has 0 fully saturated rings. The van der Waals surface area contributed by atoms with Gasteiger partial charge in [-0.25, -0.2) is 4.39 Å².